The first-order valence-corrected chi connectivity index (χ1v) is 7.77. The third-order valence-electron chi connectivity index (χ3n) is 3.82. The van der Waals surface area contributed by atoms with E-state index in [0.717, 1.165) is 36.8 Å². The lowest BCUT2D eigenvalue weighted by molar-refractivity contribution is 0.0576. The quantitative estimate of drug-likeness (QED) is 0.907. The summed E-state index contributed by atoms with van der Waals surface area (Å²) in [6, 6.07) is 6.20. The summed E-state index contributed by atoms with van der Waals surface area (Å²) in [7, 11) is 2.13. The van der Waals surface area contributed by atoms with Crippen molar-refractivity contribution in [2.45, 2.75) is 32.2 Å². The molecule has 1 aromatic rings. The molecule has 0 aromatic heterocycles. The summed E-state index contributed by atoms with van der Waals surface area (Å²) < 4.78 is 5.56. The Morgan fingerprint density at radius 3 is 2.95 bits per heavy atom. The lowest BCUT2D eigenvalue weighted by Crippen LogP contribution is -2.32. The first kappa shape index (κ1) is 15.6. The van der Waals surface area contributed by atoms with Crippen LogP contribution in [0.15, 0.2) is 18.2 Å². The van der Waals surface area contributed by atoms with Crippen LogP contribution in [0, 0.1) is 5.92 Å². The molecule has 2 unspecified atom stereocenters. The van der Waals surface area contributed by atoms with E-state index in [4.69, 9.17) is 22.1 Å². The number of hydrogen-bond acceptors (Lipinski definition) is 3. The van der Waals surface area contributed by atoms with Crippen LogP contribution in [-0.2, 0) is 11.2 Å². The van der Waals surface area contributed by atoms with Crippen molar-refractivity contribution >= 4 is 17.3 Å². The lowest BCUT2D eigenvalue weighted by atomic mass is 10.00. The monoisotopic (exact) mass is 296 g/mol. The summed E-state index contributed by atoms with van der Waals surface area (Å²) in [6.07, 6.45) is 3.22. The highest BCUT2D eigenvalue weighted by Crippen LogP contribution is 2.29. The molecule has 2 rings (SSSR count). The molecule has 20 heavy (non-hydrogen) atoms. The highest BCUT2D eigenvalue weighted by atomic mass is 35.5. The molecule has 2 atom stereocenters. The summed E-state index contributed by atoms with van der Waals surface area (Å²) >= 11 is 6.35. The molecule has 1 heterocycles. The minimum Gasteiger partial charge on any atom is -0.381 e. The molecule has 3 nitrogen and oxygen atoms in total. The fourth-order valence-electron chi connectivity index (χ4n) is 2.87. The van der Waals surface area contributed by atoms with Gasteiger partial charge in [0, 0.05) is 37.0 Å². The molecule has 0 saturated carbocycles. The second-order valence-electron chi connectivity index (χ2n) is 5.88. The topological polar surface area (TPSA) is 38.5 Å². The number of halogens is 1. The van der Waals surface area contributed by atoms with Gasteiger partial charge >= 0.3 is 0 Å². The SMILES string of the molecule is CC(N)Cc1c(Cl)cccc1N(C)CC1CCCOC1. The van der Waals surface area contributed by atoms with Crippen LogP contribution in [0.3, 0.4) is 0 Å². The molecule has 112 valence electrons. The maximum atomic E-state index is 6.35. The third-order valence-corrected chi connectivity index (χ3v) is 4.17. The van der Waals surface area contributed by atoms with E-state index in [1.54, 1.807) is 0 Å². The highest BCUT2D eigenvalue weighted by Gasteiger charge is 2.18. The number of hydrogen-bond donors (Lipinski definition) is 1. The van der Waals surface area contributed by atoms with Crippen LogP contribution in [0.25, 0.3) is 0 Å². The van der Waals surface area contributed by atoms with Crippen molar-refractivity contribution in [3.8, 4) is 0 Å². The van der Waals surface area contributed by atoms with E-state index in [9.17, 15) is 0 Å². The zero-order valence-electron chi connectivity index (χ0n) is 12.4. The molecule has 0 radical (unpaired) electrons. The largest absolute Gasteiger partial charge is 0.381 e. The fourth-order valence-corrected chi connectivity index (χ4v) is 3.11. The number of anilines is 1. The van der Waals surface area contributed by atoms with E-state index >= 15 is 0 Å². The van der Waals surface area contributed by atoms with E-state index in [1.165, 1.54) is 18.5 Å². The van der Waals surface area contributed by atoms with Gasteiger partial charge in [-0.2, -0.15) is 0 Å². The van der Waals surface area contributed by atoms with Gasteiger partial charge < -0.3 is 15.4 Å². The van der Waals surface area contributed by atoms with E-state index in [-0.39, 0.29) is 6.04 Å². The van der Waals surface area contributed by atoms with E-state index in [2.05, 4.69) is 18.0 Å². The molecule has 0 aliphatic carbocycles. The Kier molecular flexibility index (Phi) is 5.70. The number of ether oxygens (including phenoxy) is 1. The predicted octanol–water partition coefficient (Wildman–Crippen LogP) is 3.09. The van der Waals surface area contributed by atoms with Gasteiger partial charge in [0.25, 0.3) is 0 Å². The summed E-state index contributed by atoms with van der Waals surface area (Å²) in [5.41, 5.74) is 8.30. The van der Waals surface area contributed by atoms with Crippen LogP contribution in [0.5, 0.6) is 0 Å². The Labute approximate surface area is 127 Å². The van der Waals surface area contributed by atoms with E-state index in [1.807, 2.05) is 19.1 Å². The summed E-state index contributed by atoms with van der Waals surface area (Å²) in [4.78, 5) is 2.29. The molecule has 1 saturated heterocycles. The molecule has 4 heteroatoms. The van der Waals surface area contributed by atoms with Crippen LogP contribution in [0.2, 0.25) is 5.02 Å². The average Bonchev–Trinajstić information content (AvgIpc) is 2.41. The zero-order chi connectivity index (χ0) is 14.5. The molecule has 0 bridgehead atoms. The van der Waals surface area contributed by atoms with Crippen LogP contribution in [-0.4, -0.2) is 32.8 Å². The standard InChI is InChI=1S/C16H25ClN2O/c1-12(18)9-14-15(17)6-3-7-16(14)19(2)10-13-5-4-8-20-11-13/h3,6-7,12-13H,4-5,8-11,18H2,1-2H3. The van der Waals surface area contributed by atoms with Crippen molar-refractivity contribution < 1.29 is 4.74 Å². The number of rotatable bonds is 5. The van der Waals surface area contributed by atoms with Gasteiger partial charge in [0.1, 0.15) is 0 Å². The maximum Gasteiger partial charge on any atom is 0.0511 e. The number of nitrogens with two attached hydrogens (primary N) is 1. The third kappa shape index (κ3) is 4.11. The zero-order valence-corrected chi connectivity index (χ0v) is 13.2. The predicted molar refractivity (Wildman–Crippen MR) is 85.6 cm³/mol. The Morgan fingerprint density at radius 1 is 1.50 bits per heavy atom. The molecular weight excluding hydrogens is 272 g/mol. The molecule has 0 spiro atoms. The van der Waals surface area contributed by atoms with Crippen molar-refractivity contribution in [2.75, 3.05) is 31.7 Å². The second kappa shape index (κ2) is 7.30. The van der Waals surface area contributed by atoms with Gasteiger partial charge in [0.05, 0.1) is 6.61 Å². The summed E-state index contributed by atoms with van der Waals surface area (Å²) in [5, 5.41) is 0.812. The Bertz CT molecular complexity index is 430. The van der Waals surface area contributed by atoms with Crippen molar-refractivity contribution in [3.63, 3.8) is 0 Å². The molecule has 1 fully saturated rings. The highest BCUT2D eigenvalue weighted by molar-refractivity contribution is 6.31. The Hall–Kier alpha value is -0.770. The number of nitrogens with zero attached hydrogens (tertiary/aromatic N) is 1. The lowest BCUT2D eigenvalue weighted by Gasteiger charge is -2.30. The van der Waals surface area contributed by atoms with Gasteiger partial charge in [-0.1, -0.05) is 17.7 Å². The average molecular weight is 297 g/mol. The van der Waals surface area contributed by atoms with Crippen LogP contribution in [0.4, 0.5) is 5.69 Å². The molecule has 1 aliphatic heterocycles. The molecule has 1 aromatic carbocycles. The molecule has 1 aliphatic rings. The van der Waals surface area contributed by atoms with Crippen LogP contribution < -0.4 is 10.6 Å². The van der Waals surface area contributed by atoms with E-state index < -0.39 is 0 Å². The molecule has 2 N–H and O–H groups in total. The minimum atomic E-state index is 0.111. The van der Waals surface area contributed by atoms with Gasteiger partial charge in [-0.25, -0.2) is 0 Å². The van der Waals surface area contributed by atoms with E-state index in [0.29, 0.717) is 5.92 Å². The number of benzene rings is 1. The van der Waals surface area contributed by atoms with Gasteiger partial charge in [-0.3, -0.25) is 0 Å². The maximum absolute atomic E-state index is 6.35. The van der Waals surface area contributed by atoms with Crippen LogP contribution in [0.1, 0.15) is 25.3 Å². The summed E-state index contributed by atoms with van der Waals surface area (Å²) in [6.45, 7) is 4.80. The normalized spacial score (nSPS) is 20.7. The Balaban J connectivity index is 2.11. The van der Waals surface area contributed by atoms with Crippen molar-refractivity contribution in [3.05, 3.63) is 28.8 Å². The summed E-state index contributed by atoms with van der Waals surface area (Å²) in [5.74, 6) is 0.607. The van der Waals surface area contributed by atoms with Crippen LogP contribution >= 0.6 is 11.6 Å². The van der Waals surface area contributed by atoms with Crippen molar-refractivity contribution in [2.24, 2.45) is 11.7 Å². The fraction of sp³-hybridized carbons (Fsp3) is 0.625. The minimum absolute atomic E-state index is 0.111. The van der Waals surface area contributed by atoms with Gasteiger partial charge in [-0.05, 0) is 49.8 Å². The first-order valence-electron chi connectivity index (χ1n) is 7.39. The first-order chi connectivity index (χ1) is 9.58. The smallest absolute Gasteiger partial charge is 0.0511 e. The van der Waals surface area contributed by atoms with Gasteiger partial charge in [-0.15, -0.1) is 0 Å². The van der Waals surface area contributed by atoms with Crippen molar-refractivity contribution in [1.82, 2.24) is 0 Å². The molecular formula is C16H25ClN2O. The Morgan fingerprint density at radius 2 is 2.30 bits per heavy atom. The molecule has 0 amide bonds. The second-order valence-corrected chi connectivity index (χ2v) is 6.29. The van der Waals surface area contributed by atoms with Gasteiger partial charge in [0.2, 0.25) is 0 Å². The van der Waals surface area contributed by atoms with Crippen molar-refractivity contribution in [1.29, 1.82) is 0 Å². The van der Waals surface area contributed by atoms with Gasteiger partial charge in [0.15, 0.2) is 0 Å².